The van der Waals surface area contributed by atoms with Gasteiger partial charge in [-0.15, -0.1) is 0 Å². The first-order chi connectivity index (χ1) is 7.99. The first-order valence-electron chi connectivity index (χ1n) is 5.95. The minimum Gasteiger partial charge on any atom is -0.480 e. The van der Waals surface area contributed by atoms with Crippen LogP contribution in [0.1, 0.15) is 19.8 Å². The van der Waals surface area contributed by atoms with Crippen molar-refractivity contribution in [3.05, 3.63) is 0 Å². The highest BCUT2D eigenvalue weighted by atomic mass is 16.4. The van der Waals surface area contributed by atoms with Crippen molar-refractivity contribution in [2.24, 2.45) is 5.92 Å². The third kappa shape index (κ3) is 2.36. The second kappa shape index (κ2) is 4.52. The van der Waals surface area contributed by atoms with E-state index in [1.165, 1.54) is 4.90 Å². The molecule has 0 radical (unpaired) electrons. The van der Waals surface area contributed by atoms with Crippen molar-refractivity contribution < 1.29 is 19.8 Å². The zero-order valence-electron chi connectivity index (χ0n) is 9.87. The number of rotatable bonds is 1. The van der Waals surface area contributed by atoms with E-state index in [2.05, 4.69) is 6.92 Å². The van der Waals surface area contributed by atoms with Gasteiger partial charge >= 0.3 is 12.0 Å². The molecule has 0 aliphatic carbocycles. The summed E-state index contributed by atoms with van der Waals surface area (Å²) in [5, 5.41) is 18.5. The molecule has 2 saturated heterocycles. The minimum atomic E-state index is -1.04. The highest BCUT2D eigenvalue weighted by Gasteiger charge is 2.41. The molecule has 2 N–H and O–H groups in total. The Bertz CT molecular complexity index is 333. The molecule has 2 heterocycles. The molecule has 0 bridgehead atoms. The molecule has 0 aromatic rings. The smallest absolute Gasteiger partial charge is 0.326 e. The summed E-state index contributed by atoms with van der Waals surface area (Å²) in [5.74, 6) is -0.572. The summed E-state index contributed by atoms with van der Waals surface area (Å²) >= 11 is 0. The fraction of sp³-hybridized carbons (Fsp3) is 0.818. The third-order valence-corrected chi connectivity index (χ3v) is 3.50. The summed E-state index contributed by atoms with van der Waals surface area (Å²) in [6.45, 7) is 3.55. The van der Waals surface area contributed by atoms with Gasteiger partial charge in [-0.1, -0.05) is 6.92 Å². The first-order valence-corrected chi connectivity index (χ1v) is 5.95. The number of aliphatic hydroxyl groups is 1. The first kappa shape index (κ1) is 12.2. The minimum absolute atomic E-state index is 0.126. The number of hydrogen-bond donors (Lipinski definition) is 2. The average Bonchev–Trinajstić information content (AvgIpc) is 2.83. The third-order valence-electron chi connectivity index (χ3n) is 3.50. The Hall–Kier alpha value is -1.30. The molecular formula is C11H18N2O4. The Morgan fingerprint density at radius 1 is 1.29 bits per heavy atom. The van der Waals surface area contributed by atoms with Crippen molar-refractivity contribution in [3.63, 3.8) is 0 Å². The molecule has 0 saturated carbocycles. The SMILES string of the molecule is CC1CCN(C(=O)N2C[C@H](O)C[C@@H]2C(=O)O)C1. The van der Waals surface area contributed by atoms with Crippen LogP contribution in [0.15, 0.2) is 0 Å². The van der Waals surface area contributed by atoms with Crippen LogP contribution in [0, 0.1) is 5.92 Å². The van der Waals surface area contributed by atoms with Crippen LogP contribution in [-0.2, 0) is 4.79 Å². The summed E-state index contributed by atoms with van der Waals surface area (Å²) in [4.78, 5) is 26.1. The van der Waals surface area contributed by atoms with Crippen molar-refractivity contribution in [2.75, 3.05) is 19.6 Å². The normalized spacial score (nSPS) is 33.2. The van der Waals surface area contributed by atoms with Gasteiger partial charge in [0.05, 0.1) is 6.10 Å². The monoisotopic (exact) mass is 242 g/mol. The predicted molar refractivity (Wildman–Crippen MR) is 59.5 cm³/mol. The molecule has 2 fully saturated rings. The highest BCUT2D eigenvalue weighted by Crippen LogP contribution is 2.23. The lowest BCUT2D eigenvalue weighted by Crippen LogP contribution is -2.47. The van der Waals surface area contributed by atoms with Crippen LogP contribution in [0.25, 0.3) is 0 Å². The molecule has 2 aliphatic heterocycles. The molecule has 2 aliphatic rings. The van der Waals surface area contributed by atoms with Gasteiger partial charge in [-0.3, -0.25) is 0 Å². The average molecular weight is 242 g/mol. The summed E-state index contributed by atoms with van der Waals surface area (Å²) in [7, 11) is 0. The maximum Gasteiger partial charge on any atom is 0.326 e. The number of likely N-dealkylation sites (tertiary alicyclic amines) is 2. The Morgan fingerprint density at radius 2 is 2.00 bits per heavy atom. The molecule has 96 valence electrons. The number of aliphatic carboxylic acids is 1. The van der Waals surface area contributed by atoms with Crippen LogP contribution in [0.3, 0.4) is 0 Å². The largest absolute Gasteiger partial charge is 0.480 e. The number of carboxylic acids is 1. The summed E-state index contributed by atoms with van der Waals surface area (Å²) in [5.41, 5.74) is 0. The van der Waals surface area contributed by atoms with Crippen LogP contribution in [0.2, 0.25) is 0 Å². The maximum absolute atomic E-state index is 12.1. The second-order valence-corrected chi connectivity index (χ2v) is 5.02. The van der Waals surface area contributed by atoms with Gasteiger partial charge in [-0.25, -0.2) is 9.59 Å². The number of urea groups is 1. The van der Waals surface area contributed by atoms with E-state index in [9.17, 15) is 14.7 Å². The van der Waals surface area contributed by atoms with Crippen molar-refractivity contribution >= 4 is 12.0 Å². The number of carbonyl (C=O) groups is 2. The second-order valence-electron chi connectivity index (χ2n) is 5.02. The van der Waals surface area contributed by atoms with E-state index in [1.807, 2.05) is 0 Å². The highest BCUT2D eigenvalue weighted by molar-refractivity contribution is 5.83. The van der Waals surface area contributed by atoms with E-state index in [4.69, 9.17) is 5.11 Å². The van der Waals surface area contributed by atoms with Crippen LogP contribution in [0.5, 0.6) is 0 Å². The van der Waals surface area contributed by atoms with E-state index < -0.39 is 18.1 Å². The van der Waals surface area contributed by atoms with E-state index in [1.54, 1.807) is 4.90 Å². The fourth-order valence-corrected chi connectivity index (χ4v) is 2.55. The lowest BCUT2D eigenvalue weighted by Gasteiger charge is -2.27. The van der Waals surface area contributed by atoms with E-state index in [0.29, 0.717) is 19.0 Å². The summed E-state index contributed by atoms with van der Waals surface area (Å²) in [6.07, 6.45) is 0.365. The van der Waals surface area contributed by atoms with Crippen molar-refractivity contribution in [3.8, 4) is 0 Å². The molecule has 0 aromatic carbocycles. The lowest BCUT2D eigenvalue weighted by atomic mass is 10.2. The number of β-amino-alcohol motifs (C(OH)–C–C–N with tert-alkyl or cyclic N) is 1. The molecule has 2 amide bonds. The van der Waals surface area contributed by atoms with Crippen LogP contribution in [-0.4, -0.2) is 63.8 Å². The van der Waals surface area contributed by atoms with Gasteiger partial charge < -0.3 is 20.0 Å². The molecule has 0 aromatic heterocycles. The van der Waals surface area contributed by atoms with E-state index in [0.717, 1.165) is 6.42 Å². The number of aliphatic hydroxyl groups excluding tert-OH is 1. The molecular weight excluding hydrogens is 224 g/mol. The van der Waals surface area contributed by atoms with Crippen molar-refractivity contribution in [2.45, 2.75) is 31.9 Å². The number of amides is 2. The fourth-order valence-electron chi connectivity index (χ4n) is 2.55. The summed E-state index contributed by atoms with van der Waals surface area (Å²) < 4.78 is 0. The molecule has 6 heteroatoms. The number of carboxylic acid groups (broad SMARTS) is 1. The molecule has 1 unspecified atom stereocenters. The molecule has 17 heavy (non-hydrogen) atoms. The Balaban J connectivity index is 2.05. The van der Waals surface area contributed by atoms with E-state index in [-0.39, 0.29) is 19.0 Å². The van der Waals surface area contributed by atoms with Crippen LogP contribution >= 0.6 is 0 Å². The summed E-state index contributed by atoms with van der Waals surface area (Å²) in [6, 6.07) is -1.13. The van der Waals surface area contributed by atoms with Gasteiger partial charge in [-0.05, 0) is 12.3 Å². The van der Waals surface area contributed by atoms with E-state index >= 15 is 0 Å². The number of hydrogen-bond acceptors (Lipinski definition) is 3. The predicted octanol–water partition coefficient (Wildman–Crippen LogP) is -0.0320. The van der Waals surface area contributed by atoms with Crippen molar-refractivity contribution in [1.82, 2.24) is 9.80 Å². The number of nitrogens with zero attached hydrogens (tertiary/aromatic N) is 2. The Morgan fingerprint density at radius 3 is 2.53 bits per heavy atom. The van der Waals surface area contributed by atoms with Crippen molar-refractivity contribution in [1.29, 1.82) is 0 Å². The standard InChI is InChI=1S/C11H18N2O4/c1-7-2-3-12(5-7)11(17)13-6-8(14)4-9(13)10(15)16/h7-9,14H,2-6H2,1H3,(H,15,16)/t7?,8-,9-/m1/s1. The van der Waals surface area contributed by atoms with Crippen LogP contribution in [0.4, 0.5) is 4.79 Å². The maximum atomic E-state index is 12.1. The zero-order chi connectivity index (χ0) is 12.6. The van der Waals surface area contributed by atoms with Gasteiger partial charge in [0.25, 0.3) is 0 Å². The zero-order valence-corrected chi connectivity index (χ0v) is 9.87. The topological polar surface area (TPSA) is 81.1 Å². The molecule has 3 atom stereocenters. The molecule has 6 nitrogen and oxygen atoms in total. The van der Waals surface area contributed by atoms with Gasteiger partial charge in [0.1, 0.15) is 6.04 Å². The van der Waals surface area contributed by atoms with Gasteiger partial charge in [0, 0.05) is 26.1 Å². The van der Waals surface area contributed by atoms with Gasteiger partial charge in [0.2, 0.25) is 0 Å². The van der Waals surface area contributed by atoms with Gasteiger partial charge in [0.15, 0.2) is 0 Å². The quantitative estimate of drug-likeness (QED) is 0.676. The Labute approximate surface area is 99.8 Å². The number of carbonyl (C=O) groups excluding carboxylic acids is 1. The van der Waals surface area contributed by atoms with Crippen LogP contribution < -0.4 is 0 Å². The molecule has 0 spiro atoms. The molecule has 2 rings (SSSR count). The lowest BCUT2D eigenvalue weighted by molar-refractivity contribution is -0.141. The van der Waals surface area contributed by atoms with Gasteiger partial charge in [-0.2, -0.15) is 0 Å². The Kier molecular flexibility index (Phi) is 3.24.